The average molecular weight is 485 g/mol. The SMILES string of the molecule is Cc1cccc(Cn2c(SCc3ccc(C(=O)N[C@H]4CCCC[C@H]4C)cc3)nc3ccncc32)c1. The Balaban J connectivity index is 1.28. The Morgan fingerprint density at radius 2 is 1.91 bits per heavy atom. The predicted molar refractivity (Wildman–Crippen MR) is 143 cm³/mol. The van der Waals surface area contributed by atoms with Crippen molar-refractivity contribution in [1.82, 2.24) is 19.9 Å². The lowest BCUT2D eigenvalue weighted by molar-refractivity contribution is 0.0910. The Kier molecular flexibility index (Phi) is 7.19. The van der Waals surface area contributed by atoms with Gasteiger partial charge in [0.1, 0.15) is 0 Å². The third-order valence-corrected chi connectivity index (χ3v) is 8.00. The molecule has 1 N–H and O–H groups in total. The van der Waals surface area contributed by atoms with Gasteiger partial charge in [-0.2, -0.15) is 0 Å². The van der Waals surface area contributed by atoms with Crippen LogP contribution in [0.15, 0.2) is 72.1 Å². The number of thioether (sulfide) groups is 1. The summed E-state index contributed by atoms with van der Waals surface area (Å²) in [4.78, 5) is 22.0. The summed E-state index contributed by atoms with van der Waals surface area (Å²) in [6, 6.07) is 18.8. The first-order valence-electron chi connectivity index (χ1n) is 12.5. The molecule has 180 valence electrons. The van der Waals surface area contributed by atoms with Crippen LogP contribution in [0, 0.1) is 12.8 Å². The van der Waals surface area contributed by atoms with Gasteiger partial charge in [0.25, 0.3) is 5.91 Å². The molecule has 2 aromatic carbocycles. The Bertz CT molecular complexity index is 1310. The number of nitrogens with zero attached hydrogens (tertiary/aromatic N) is 3. The van der Waals surface area contributed by atoms with E-state index in [1.54, 1.807) is 18.0 Å². The number of rotatable bonds is 7. The van der Waals surface area contributed by atoms with E-state index in [1.807, 2.05) is 24.4 Å². The fraction of sp³-hybridized carbons (Fsp3) is 0.345. The summed E-state index contributed by atoms with van der Waals surface area (Å²) in [7, 11) is 0. The molecule has 1 aliphatic rings. The molecule has 1 saturated carbocycles. The van der Waals surface area contributed by atoms with Crippen LogP contribution < -0.4 is 5.32 Å². The molecule has 0 unspecified atom stereocenters. The van der Waals surface area contributed by atoms with Gasteiger partial charge in [-0.25, -0.2) is 4.98 Å². The summed E-state index contributed by atoms with van der Waals surface area (Å²) >= 11 is 1.72. The number of imidazole rings is 1. The standard InChI is InChI=1S/C29H32N4OS/c1-20-6-5-8-23(16-20)18-33-27-17-30-15-14-26(27)32-29(33)35-19-22-10-12-24(13-11-22)28(34)31-25-9-4-3-7-21(25)2/h5-6,8,10-17,21,25H,3-4,7,9,18-19H2,1-2H3,(H,31,34)/t21-,25+/m1/s1. The van der Waals surface area contributed by atoms with Gasteiger partial charge in [0.2, 0.25) is 0 Å². The fourth-order valence-corrected chi connectivity index (χ4v) is 5.86. The zero-order valence-corrected chi connectivity index (χ0v) is 21.2. The molecule has 0 aliphatic heterocycles. The van der Waals surface area contributed by atoms with Crippen molar-refractivity contribution < 1.29 is 4.79 Å². The van der Waals surface area contributed by atoms with Crippen LogP contribution in [-0.4, -0.2) is 26.5 Å². The van der Waals surface area contributed by atoms with Crippen LogP contribution in [0.2, 0.25) is 0 Å². The topological polar surface area (TPSA) is 59.8 Å². The first-order chi connectivity index (χ1) is 17.1. The van der Waals surface area contributed by atoms with Crippen molar-refractivity contribution in [2.24, 2.45) is 5.92 Å². The Morgan fingerprint density at radius 3 is 2.71 bits per heavy atom. The number of amides is 1. The van der Waals surface area contributed by atoms with Gasteiger partial charge in [0.15, 0.2) is 5.16 Å². The molecule has 1 fully saturated rings. The van der Waals surface area contributed by atoms with Crippen LogP contribution in [0.3, 0.4) is 0 Å². The highest BCUT2D eigenvalue weighted by Crippen LogP contribution is 2.28. The van der Waals surface area contributed by atoms with Crippen LogP contribution in [0.5, 0.6) is 0 Å². The number of benzene rings is 2. The molecule has 0 bridgehead atoms. The van der Waals surface area contributed by atoms with E-state index in [4.69, 9.17) is 4.98 Å². The minimum Gasteiger partial charge on any atom is -0.349 e. The van der Waals surface area contributed by atoms with Crippen LogP contribution in [-0.2, 0) is 12.3 Å². The molecular weight excluding hydrogens is 452 g/mol. The van der Waals surface area contributed by atoms with Crippen molar-refractivity contribution in [2.75, 3.05) is 0 Å². The van der Waals surface area contributed by atoms with E-state index >= 15 is 0 Å². The van der Waals surface area contributed by atoms with E-state index in [9.17, 15) is 4.79 Å². The quantitative estimate of drug-likeness (QED) is 0.309. The maximum atomic E-state index is 12.8. The smallest absolute Gasteiger partial charge is 0.251 e. The number of aromatic nitrogens is 3. The molecule has 35 heavy (non-hydrogen) atoms. The van der Waals surface area contributed by atoms with Crippen molar-refractivity contribution in [3.8, 4) is 0 Å². The number of fused-ring (bicyclic) bond motifs is 1. The molecule has 4 aromatic rings. The molecule has 0 spiro atoms. The molecule has 2 heterocycles. The van der Waals surface area contributed by atoms with Gasteiger partial charge in [-0.05, 0) is 55.0 Å². The second kappa shape index (κ2) is 10.6. The number of aryl methyl sites for hydroxylation is 1. The van der Waals surface area contributed by atoms with Crippen molar-refractivity contribution in [3.05, 3.63) is 89.2 Å². The highest BCUT2D eigenvalue weighted by atomic mass is 32.2. The van der Waals surface area contributed by atoms with Crippen LogP contribution >= 0.6 is 11.8 Å². The van der Waals surface area contributed by atoms with Gasteiger partial charge in [0.05, 0.1) is 23.8 Å². The van der Waals surface area contributed by atoms with Gasteiger partial charge in [0, 0.05) is 23.6 Å². The maximum absolute atomic E-state index is 12.8. The molecule has 5 rings (SSSR count). The largest absolute Gasteiger partial charge is 0.349 e. The molecule has 5 nitrogen and oxygen atoms in total. The summed E-state index contributed by atoms with van der Waals surface area (Å²) in [5.74, 6) is 1.37. The van der Waals surface area contributed by atoms with Gasteiger partial charge >= 0.3 is 0 Å². The minimum atomic E-state index is 0.0374. The lowest BCUT2D eigenvalue weighted by atomic mass is 9.86. The van der Waals surface area contributed by atoms with Crippen molar-refractivity contribution >= 4 is 28.7 Å². The van der Waals surface area contributed by atoms with E-state index in [1.165, 1.54) is 36.0 Å². The van der Waals surface area contributed by atoms with Crippen molar-refractivity contribution in [3.63, 3.8) is 0 Å². The highest BCUT2D eigenvalue weighted by Gasteiger charge is 2.23. The third-order valence-electron chi connectivity index (χ3n) is 6.95. The molecule has 2 atom stereocenters. The highest BCUT2D eigenvalue weighted by molar-refractivity contribution is 7.98. The third kappa shape index (κ3) is 5.59. The fourth-order valence-electron chi connectivity index (χ4n) is 4.89. The Morgan fingerprint density at radius 1 is 1.09 bits per heavy atom. The summed E-state index contributed by atoms with van der Waals surface area (Å²) in [5.41, 5.74) is 6.40. The molecule has 1 amide bonds. The molecule has 1 aliphatic carbocycles. The number of carbonyl (C=O) groups is 1. The van der Waals surface area contributed by atoms with E-state index in [0.29, 0.717) is 12.0 Å². The lowest BCUT2D eigenvalue weighted by Crippen LogP contribution is -2.41. The second-order valence-electron chi connectivity index (χ2n) is 9.66. The van der Waals surface area contributed by atoms with E-state index in [-0.39, 0.29) is 5.91 Å². The number of pyridine rings is 1. The maximum Gasteiger partial charge on any atom is 0.251 e. The Hall–Kier alpha value is -3.12. The first-order valence-corrected chi connectivity index (χ1v) is 13.4. The van der Waals surface area contributed by atoms with Crippen LogP contribution in [0.25, 0.3) is 11.0 Å². The monoisotopic (exact) mass is 484 g/mol. The van der Waals surface area contributed by atoms with E-state index in [0.717, 1.165) is 40.5 Å². The van der Waals surface area contributed by atoms with Crippen molar-refractivity contribution in [2.45, 2.75) is 63.0 Å². The number of nitrogens with one attached hydrogen (secondary N) is 1. The van der Waals surface area contributed by atoms with Gasteiger partial charge in [-0.3, -0.25) is 9.78 Å². The zero-order chi connectivity index (χ0) is 24.2. The number of carbonyl (C=O) groups excluding carboxylic acids is 1. The van der Waals surface area contributed by atoms with Crippen LogP contribution in [0.1, 0.15) is 59.7 Å². The summed E-state index contributed by atoms with van der Waals surface area (Å²) in [5, 5.41) is 4.22. The number of hydrogen-bond acceptors (Lipinski definition) is 4. The first kappa shape index (κ1) is 23.6. The minimum absolute atomic E-state index is 0.0374. The molecule has 0 radical (unpaired) electrons. The summed E-state index contributed by atoms with van der Waals surface area (Å²) in [6.45, 7) is 5.12. The zero-order valence-electron chi connectivity index (χ0n) is 20.4. The van der Waals surface area contributed by atoms with Crippen molar-refractivity contribution in [1.29, 1.82) is 0 Å². The molecule has 2 aromatic heterocycles. The lowest BCUT2D eigenvalue weighted by Gasteiger charge is -2.29. The molecule has 0 saturated heterocycles. The van der Waals surface area contributed by atoms with Crippen LogP contribution in [0.4, 0.5) is 0 Å². The normalized spacial score (nSPS) is 18.0. The summed E-state index contributed by atoms with van der Waals surface area (Å²) in [6.07, 6.45) is 8.44. The number of hydrogen-bond donors (Lipinski definition) is 1. The molecular formula is C29H32N4OS. The van der Waals surface area contributed by atoms with E-state index in [2.05, 4.69) is 65.1 Å². The summed E-state index contributed by atoms with van der Waals surface area (Å²) < 4.78 is 2.24. The Labute approximate surface area is 211 Å². The van der Waals surface area contributed by atoms with Gasteiger partial charge in [-0.15, -0.1) is 0 Å². The average Bonchev–Trinajstić information content (AvgIpc) is 3.21. The molecule has 6 heteroatoms. The predicted octanol–water partition coefficient (Wildman–Crippen LogP) is 6.39. The van der Waals surface area contributed by atoms with Gasteiger partial charge < -0.3 is 9.88 Å². The second-order valence-corrected chi connectivity index (χ2v) is 10.6. The van der Waals surface area contributed by atoms with E-state index < -0.39 is 0 Å². The van der Waals surface area contributed by atoms with Gasteiger partial charge in [-0.1, -0.05) is 73.5 Å².